The van der Waals surface area contributed by atoms with Gasteiger partial charge in [-0.1, -0.05) is 35.3 Å². The predicted octanol–water partition coefficient (Wildman–Crippen LogP) is 2.57. The summed E-state index contributed by atoms with van der Waals surface area (Å²) in [6.07, 6.45) is 1.72. The number of thiazole rings is 1. The molecule has 0 atom stereocenters. The Morgan fingerprint density at radius 2 is 1.62 bits per heavy atom. The van der Waals surface area contributed by atoms with Gasteiger partial charge in [0, 0.05) is 23.1 Å². The smallest absolute Gasteiger partial charge is 0.273 e. The minimum Gasteiger partial charge on any atom is -0.378 e. The summed E-state index contributed by atoms with van der Waals surface area (Å²) in [5.74, 6) is -0.419. The average molecular weight is 486 g/mol. The highest BCUT2D eigenvalue weighted by atomic mass is 35.5. The van der Waals surface area contributed by atoms with Gasteiger partial charge >= 0.3 is 0 Å². The van der Waals surface area contributed by atoms with E-state index in [1.807, 2.05) is 6.07 Å². The molecule has 0 saturated carbocycles. The summed E-state index contributed by atoms with van der Waals surface area (Å²) < 4.78 is 7.36. The molecule has 0 bridgehead atoms. The maximum absolute atomic E-state index is 13.4. The van der Waals surface area contributed by atoms with Gasteiger partial charge in [-0.25, -0.2) is 0 Å². The van der Waals surface area contributed by atoms with Crippen LogP contribution >= 0.6 is 34.5 Å². The number of nitriles is 1. The molecule has 1 aliphatic rings. The first-order chi connectivity index (χ1) is 15.5. The van der Waals surface area contributed by atoms with Crippen molar-refractivity contribution in [3.63, 3.8) is 0 Å². The molecule has 162 valence electrons. The van der Waals surface area contributed by atoms with E-state index in [2.05, 4.69) is 0 Å². The Morgan fingerprint density at radius 1 is 1.03 bits per heavy atom. The highest BCUT2D eigenvalue weighted by molar-refractivity contribution is 7.07. The van der Waals surface area contributed by atoms with Gasteiger partial charge < -0.3 is 9.64 Å². The zero-order chi connectivity index (χ0) is 22.7. The third-order valence-corrected chi connectivity index (χ3v) is 6.51. The molecule has 6 nitrogen and oxygen atoms in total. The van der Waals surface area contributed by atoms with Crippen LogP contribution in [0.4, 0.5) is 0 Å². The fourth-order valence-corrected chi connectivity index (χ4v) is 4.65. The number of benzene rings is 2. The highest BCUT2D eigenvalue weighted by Gasteiger charge is 2.24. The largest absolute Gasteiger partial charge is 0.378 e. The topological polar surface area (TPSA) is 75.3 Å². The number of amides is 1. The summed E-state index contributed by atoms with van der Waals surface area (Å²) in [7, 11) is 0. The summed E-state index contributed by atoms with van der Waals surface area (Å²) in [4.78, 5) is 28.1. The van der Waals surface area contributed by atoms with Crippen molar-refractivity contribution in [1.82, 2.24) is 9.47 Å². The monoisotopic (exact) mass is 485 g/mol. The molecule has 2 heterocycles. The lowest BCUT2D eigenvalue weighted by Crippen LogP contribution is -2.42. The number of carbonyl (C=O) groups excluding carboxylic acids is 1. The van der Waals surface area contributed by atoms with E-state index in [0.29, 0.717) is 46.6 Å². The van der Waals surface area contributed by atoms with Crippen LogP contribution in [0.5, 0.6) is 0 Å². The second-order valence-electron chi connectivity index (χ2n) is 6.98. The van der Waals surface area contributed by atoms with Crippen molar-refractivity contribution in [1.29, 1.82) is 5.26 Å². The van der Waals surface area contributed by atoms with E-state index >= 15 is 0 Å². The third-order valence-electron chi connectivity index (χ3n) is 4.91. The standard InChI is InChI=1S/C23H17Cl2N3O3S/c24-16-3-1-15(2-4-16)13-20-22(30)28(18-7-5-17(25)6-8-18)23(32-20)19(14-26)21(29)27-9-11-31-12-10-27/h1-8,13H,9-12H2/b20-13-,23-19-. The predicted molar refractivity (Wildman–Crippen MR) is 126 cm³/mol. The minimum absolute atomic E-state index is 0.0836. The van der Waals surface area contributed by atoms with Crippen LogP contribution in [0.2, 0.25) is 10.0 Å². The molecular weight excluding hydrogens is 469 g/mol. The van der Waals surface area contributed by atoms with Gasteiger partial charge in [0.1, 0.15) is 10.7 Å². The lowest BCUT2D eigenvalue weighted by Gasteiger charge is -2.26. The minimum atomic E-state index is -0.419. The van der Waals surface area contributed by atoms with E-state index in [9.17, 15) is 14.9 Å². The van der Waals surface area contributed by atoms with Crippen LogP contribution in [0.1, 0.15) is 5.56 Å². The molecule has 1 aliphatic heterocycles. The number of nitrogens with zero attached hydrogens (tertiary/aromatic N) is 3. The molecule has 0 spiro atoms. The third kappa shape index (κ3) is 4.64. The molecule has 1 fully saturated rings. The fraction of sp³-hybridized carbons (Fsp3) is 0.174. The Morgan fingerprint density at radius 3 is 2.22 bits per heavy atom. The number of aromatic nitrogens is 1. The highest BCUT2D eigenvalue weighted by Crippen LogP contribution is 2.13. The first-order valence-electron chi connectivity index (χ1n) is 9.74. The molecular formula is C23H17Cl2N3O3S. The van der Waals surface area contributed by atoms with Crippen molar-refractivity contribution < 1.29 is 9.53 Å². The molecule has 9 heteroatoms. The van der Waals surface area contributed by atoms with Gasteiger partial charge in [-0.05, 0) is 48.0 Å². The zero-order valence-corrected chi connectivity index (χ0v) is 19.1. The Hall–Kier alpha value is -2.89. The fourth-order valence-electron chi connectivity index (χ4n) is 3.30. The maximum Gasteiger partial charge on any atom is 0.273 e. The van der Waals surface area contributed by atoms with Gasteiger partial charge in [0.2, 0.25) is 0 Å². The van der Waals surface area contributed by atoms with E-state index in [-0.39, 0.29) is 15.8 Å². The van der Waals surface area contributed by atoms with Crippen LogP contribution in [-0.4, -0.2) is 41.7 Å². The quantitative estimate of drug-likeness (QED) is 0.571. The summed E-state index contributed by atoms with van der Waals surface area (Å²) >= 11 is 13.1. The number of ether oxygens (including phenoxy) is 1. The van der Waals surface area contributed by atoms with E-state index in [1.165, 1.54) is 4.57 Å². The number of hydrogen-bond donors (Lipinski definition) is 0. The van der Waals surface area contributed by atoms with Crippen LogP contribution in [0.15, 0.2) is 53.3 Å². The molecule has 0 N–H and O–H groups in total. The van der Waals surface area contributed by atoms with Crippen molar-refractivity contribution in [2.24, 2.45) is 0 Å². The molecule has 0 unspecified atom stereocenters. The van der Waals surface area contributed by atoms with Gasteiger partial charge in [0.15, 0.2) is 5.57 Å². The molecule has 4 rings (SSSR count). The van der Waals surface area contributed by atoms with Crippen LogP contribution in [-0.2, 0) is 9.53 Å². The molecule has 32 heavy (non-hydrogen) atoms. The molecule has 0 aliphatic carbocycles. The molecule has 1 aromatic heterocycles. The number of carbonyl (C=O) groups is 1. The van der Waals surface area contributed by atoms with E-state index < -0.39 is 5.91 Å². The van der Waals surface area contributed by atoms with Gasteiger partial charge in [0.05, 0.1) is 23.4 Å². The van der Waals surface area contributed by atoms with Crippen molar-refractivity contribution in [2.45, 2.75) is 0 Å². The zero-order valence-electron chi connectivity index (χ0n) is 16.8. The summed E-state index contributed by atoms with van der Waals surface area (Å²) in [5.41, 5.74) is 0.883. The number of morpholine rings is 1. The van der Waals surface area contributed by atoms with E-state index in [1.54, 1.807) is 59.5 Å². The lowest BCUT2D eigenvalue weighted by molar-refractivity contribution is -0.128. The van der Waals surface area contributed by atoms with Gasteiger partial charge in [-0.3, -0.25) is 14.2 Å². The molecule has 3 aromatic rings. The second kappa shape index (κ2) is 9.72. The molecule has 0 radical (unpaired) electrons. The Kier molecular flexibility index (Phi) is 6.77. The molecule has 1 amide bonds. The number of halogens is 2. The van der Waals surface area contributed by atoms with Gasteiger partial charge in [-0.15, -0.1) is 11.3 Å². The van der Waals surface area contributed by atoms with Crippen molar-refractivity contribution in [2.75, 3.05) is 26.3 Å². The van der Waals surface area contributed by atoms with Crippen LogP contribution < -0.4 is 14.8 Å². The maximum atomic E-state index is 13.4. The summed E-state index contributed by atoms with van der Waals surface area (Å²) in [6, 6.07) is 15.7. The normalized spacial score (nSPS) is 15.4. The summed E-state index contributed by atoms with van der Waals surface area (Å²) in [5, 5.41) is 11.0. The van der Waals surface area contributed by atoms with Crippen LogP contribution in [0, 0.1) is 11.3 Å². The number of hydrogen-bond acceptors (Lipinski definition) is 5. The Bertz CT molecular complexity index is 1360. The first-order valence-corrected chi connectivity index (χ1v) is 11.3. The Labute approximate surface area is 197 Å². The van der Waals surface area contributed by atoms with Crippen molar-refractivity contribution in [3.8, 4) is 11.8 Å². The first kappa shape index (κ1) is 22.3. The lowest BCUT2D eigenvalue weighted by atomic mass is 10.2. The van der Waals surface area contributed by atoms with Gasteiger partial charge in [-0.2, -0.15) is 5.26 Å². The van der Waals surface area contributed by atoms with Crippen molar-refractivity contribution in [3.05, 3.63) is 83.7 Å². The van der Waals surface area contributed by atoms with Crippen LogP contribution in [0.3, 0.4) is 0 Å². The second-order valence-corrected chi connectivity index (χ2v) is 8.88. The molecule has 1 saturated heterocycles. The van der Waals surface area contributed by atoms with Crippen LogP contribution in [0.25, 0.3) is 17.3 Å². The SMILES string of the molecule is N#C/C(C(=O)N1CCOCC1)=c1/s/c(=C\c2ccc(Cl)cc2)c(=O)n1-c1ccc(Cl)cc1. The summed E-state index contributed by atoms with van der Waals surface area (Å²) in [6.45, 7) is 1.61. The van der Waals surface area contributed by atoms with E-state index in [4.69, 9.17) is 27.9 Å². The molecule has 2 aromatic carbocycles. The van der Waals surface area contributed by atoms with Crippen molar-refractivity contribution >= 4 is 52.1 Å². The Balaban J connectivity index is 1.97. The van der Waals surface area contributed by atoms with E-state index in [0.717, 1.165) is 16.9 Å². The number of rotatable bonds is 3. The average Bonchev–Trinajstić information content (AvgIpc) is 3.12. The van der Waals surface area contributed by atoms with Gasteiger partial charge in [0.25, 0.3) is 11.5 Å².